The van der Waals surface area contributed by atoms with E-state index in [1.165, 1.54) is 31.4 Å². The van der Waals surface area contributed by atoms with Gasteiger partial charge in [-0.3, -0.25) is 0 Å². The molecule has 0 amide bonds. The lowest BCUT2D eigenvalue weighted by molar-refractivity contribution is 0.309. The van der Waals surface area contributed by atoms with Crippen LogP contribution in [0, 0.1) is 11.3 Å². The molecular formula is C18H14BrCl2NO4S. The smallest absolute Gasteiger partial charge is 0.218 e. The molecule has 0 radical (unpaired) electrons. The topological polar surface area (TPSA) is 76.4 Å². The van der Waals surface area contributed by atoms with E-state index < -0.39 is 14.7 Å². The van der Waals surface area contributed by atoms with Crippen LogP contribution in [-0.2, 0) is 9.84 Å². The highest BCUT2D eigenvalue weighted by molar-refractivity contribution is 9.10. The first-order chi connectivity index (χ1) is 12.7. The minimum Gasteiger partial charge on any atom is -0.493 e. The maximum absolute atomic E-state index is 12.8. The molecule has 0 fully saturated rings. The first kappa shape index (κ1) is 21.6. The van der Waals surface area contributed by atoms with Crippen molar-refractivity contribution in [3.63, 3.8) is 0 Å². The summed E-state index contributed by atoms with van der Waals surface area (Å²) in [5.74, 6) is 0.879. The Balaban J connectivity index is 2.61. The number of nitriles is 1. The van der Waals surface area contributed by atoms with Crippen molar-refractivity contribution in [3.05, 3.63) is 55.3 Å². The third-order valence-corrected chi connectivity index (χ3v) is 6.39. The summed E-state index contributed by atoms with van der Waals surface area (Å²) in [6.07, 6.45) is 1.23. The molecule has 9 heteroatoms. The molecule has 0 heterocycles. The predicted molar refractivity (Wildman–Crippen MR) is 109 cm³/mol. The van der Waals surface area contributed by atoms with Crippen molar-refractivity contribution in [3.8, 4) is 17.6 Å². The fourth-order valence-corrected chi connectivity index (χ4v) is 4.72. The Morgan fingerprint density at radius 1 is 1.30 bits per heavy atom. The molecule has 0 unspecified atom stereocenters. The van der Waals surface area contributed by atoms with Crippen molar-refractivity contribution in [1.29, 1.82) is 5.26 Å². The number of allylic oxidation sites excluding steroid dienone is 1. The van der Waals surface area contributed by atoms with Gasteiger partial charge in [-0.1, -0.05) is 23.2 Å². The fraction of sp³-hybridized carbons (Fsp3) is 0.167. The van der Waals surface area contributed by atoms with Crippen LogP contribution in [0.3, 0.4) is 0 Å². The van der Waals surface area contributed by atoms with Crippen LogP contribution >= 0.6 is 39.1 Å². The Kier molecular flexibility index (Phi) is 7.18. The summed E-state index contributed by atoms with van der Waals surface area (Å²) in [6.45, 7) is 2.25. The zero-order chi connectivity index (χ0) is 20.2. The van der Waals surface area contributed by atoms with E-state index in [2.05, 4.69) is 15.9 Å². The highest BCUT2D eigenvalue weighted by Gasteiger charge is 2.24. The first-order valence-electron chi connectivity index (χ1n) is 7.56. The summed E-state index contributed by atoms with van der Waals surface area (Å²) >= 11 is 15.2. The molecule has 2 aromatic rings. The van der Waals surface area contributed by atoms with Gasteiger partial charge in [0, 0.05) is 5.02 Å². The highest BCUT2D eigenvalue weighted by Crippen LogP contribution is 2.38. The highest BCUT2D eigenvalue weighted by atomic mass is 79.9. The largest absolute Gasteiger partial charge is 0.493 e. The summed E-state index contributed by atoms with van der Waals surface area (Å²) in [5.41, 5.74) is 0.431. The predicted octanol–water partition coefficient (Wildman–Crippen LogP) is 5.50. The van der Waals surface area contributed by atoms with Crippen molar-refractivity contribution < 1.29 is 17.9 Å². The van der Waals surface area contributed by atoms with Crippen molar-refractivity contribution in [1.82, 2.24) is 0 Å². The molecule has 0 spiro atoms. The monoisotopic (exact) mass is 489 g/mol. The van der Waals surface area contributed by atoms with E-state index in [0.717, 1.165) is 0 Å². The fourth-order valence-electron chi connectivity index (χ4n) is 2.23. The third kappa shape index (κ3) is 4.77. The molecule has 0 bridgehead atoms. The van der Waals surface area contributed by atoms with Gasteiger partial charge in [0.1, 0.15) is 11.0 Å². The first-order valence-corrected chi connectivity index (χ1v) is 10.6. The molecule has 0 atom stereocenters. The van der Waals surface area contributed by atoms with Crippen LogP contribution in [0.25, 0.3) is 6.08 Å². The lowest BCUT2D eigenvalue weighted by Gasteiger charge is -2.12. The van der Waals surface area contributed by atoms with E-state index in [1.807, 2.05) is 6.92 Å². The Hall–Kier alpha value is -1.72. The Labute approximate surface area is 176 Å². The molecule has 0 aliphatic heterocycles. The number of nitrogens with zero attached hydrogens (tertiary/aromatic N) is 1. The molecule has 142 valence electrons. The minimum atomic E-state index is -4.16. The standard InChI is InChI=1S/C18H14BrCl2NO4S/c1-3-26-18-14(19)7-11(8-16(18)25-2)6-13(10-22)27(23,24)17-9-12(20)4-5-15(17)21/h4-9H,3H2,1-2H3/b13-6+. The lowest BCUT2D eigenvalue weighted by Crippen LogP contribution is -2.04. The Morgan fingerprint density at radius 2 is 2.00 bits per heavy atom. The lowest BCUT2D eigenvalue weighted by atomic mass is 10.2. The van der Waals surface area contributed by atoms with Crippen molar-refractivity contribution >= 4 is 55.0 Å². The SMILES string of the molecule is CCOc1c(Br)cc(/C=C(\C#N)S(=O)(=O)c2cc(Cl)ccc2Cl)cc1OC. The van der Waals surface area contributed by atoms with Gasteiger partial charge in [0.05, 0.1) is 28.1 Å². The average molecular weight is 491 g/mol. The van der Waals surface area contributed by atoms with Gasteiger partial charge in [-0.25, -0.2) is 8.42 Å². The van der Waals surface area contributed by atoms with Crippen LogP contribution in [-0.4, -0.2) is 22.1 Å². The molecule has 27 heavy (non-hydrogen) atoms. The Morgan fingerprint density at radius 3 is 2.59 bits per heavy atom. The van der Waals surface area contributed by atoms with E-state index in [0.29, 0.717) is 28.1 Å². The number of sulfone groups is 1. The molecule has 2 aromatic carbocycles. The van der Waals surface area contributed by atoms with Gasteiger partial charge in [-0.15, -0.1) is 0 Å². The summed E-state index contributed by atoms with van der Waals surface area (Å²) in [7, 11) is -2.70. The summed E-state index contributed by atoms with van der Waals surface area (Å²) in [6, 6.07) is 8.95. The maximum Gasteiger partial charge on any atom is 0.218 e. The summed E-state index contributed by atoms with van der Waals surface area (Å²) < 4.78 is 37.0. The number of ether oxygens (including phenoxy) is 2. The number of rotatable bonds is 6. The summed E-state index contributed by atoms with van der Waals surface area (Å²) in [5, 5.41) is 9.61. The molecule has 0 saturated carbocycles. The zero-order valence-electron chi connectivity index (χ0n) is 14.3. The number of halogens is 3. The molecule has 0 aliphatic carbocycles. The molecular weight excluding hydrogens is 477 g/mol. The van der Waals surface area contributed by atoms with Gasteiger partial charge in [0.2, 0.25) is 9.84 Å². The number of methoxy groups -OCH3 is 1. The van der Waals surface area contributed by atoms with Gasteiger partial charge in [0.25, 0.3) is 0 Å². The quantitative estimate of drug-likeness (QED) is 0.499. The van der Waals surface area contributed by atoms with Crippen molar-refractivity contribution in [2.75, 3.05) is 13.7 Å². The second-order valence-electron chi connectivity index (χ2n) is 5.17. The van der Waals surface area contributed by atoms with Crippen molar-refractivity contribution in [2.45, 2.75) is 11.8 Å². The van der Waals surface area contributed by atoms with E-state index in [4.69, 9.17) is 32.7 Å². The number of hydrogen-bond donors (Lipinski definition) is 0. The van der Waals surface area contributed by atoms with E-state index >= 15 is 0 Å². The second-order valence-corrected chi connectivity index (χ2v) is 8.75. The third-order valence-electron chi connectivity index (χ3n) is 3.42. The van der Waals surface area contributed by atoms with Crippen LogP contribution in [0.15, 0.2) is 44.6 Å². The van der Waals surface area contributed by atoms with Crippen LogP contribution in [0.5, 0.6) is 11.5 Å². The summed E-state index contributed by atoms with van der Waals surface area (Å²) in [4.78, 5) is -0.716. The zero-order valence-corrected chi connectivity index (χ0v) is 18.2. The number of benzene rings is 2. The molecule has 0 aliphatic rings. The molecule has 2 rings (SSSR count). The van der Waals surface area contributed by atoms with E-state index in [-0.39, 0.29) is 14.9 Å². The second kappa shape index (κ2) is 8.98. The molecule has 5 nitrogen and oxygen atoms in total. The Bertz CT molecular complexity index is 1050. The number of hydrogen-bond acceptors (Lipinski definition) is 5. The van der Waals surface area contributed by atoms with E-state index in [1.54, 1.807) is 18.2 Å². The van der Waals surface area contributed by atoms with Gasteiger partial charge in [0.15, 0.2) is 11.5 Å². The van der Waals surface area contributed by atoms with Crippen LogP contribution in [0.2, 0.25) is 10.0 Å². The van der Waals surface area contributed by atoms with Crippen LogP contribution in [0.4, 0.5) is 0 Å². The maximum atomic E-state index is 12.8. The molecule has 0 aromatic heterocycles. The molecule has 0 saturated heterocycles. The van der Waals surface area contributed by atoms with E-state index in [9.17, 15) is 13.7 Å². The normalized spacial score (nSPS) is 11.8. The van der Waals surface area contributed by atoms with Crippen molar-refractivity contribution in [2.24, 2.45) is 0 Å². The van der Waals surface area contributed by atoms with Gasteiger partial charge in [-0.05, 0) is 64.8 Å². The van der Waals surface area contributed by atoms with Gasteiger partial charge < -0.3 is 9.47 Å². The van der Waals surface area contributed by atoms with Gasteiger partial charge >= 0.3 is 0 Å². The average Bonchev–Trinajstić information content (AvgIpc) is 2.63. The van der Waals surface area contributed by atoms with Crippen LogP contribution in [0.1, 0.15) is 12.5 Å². The van der Waals surface area contributed by atoms with Gasteiger partial charge in [-0.2, -0.15) is 5.26 Å². The van der Waals surface area contributed by atoms with Crippen LogP contribution < -0.4 is 9.47 Å². The molecule has 0 N–H and O–H groups in total. The minimum absolute atomic E-state index is 0.0222.